The van der Waals surface area contributed by atoms with Crippen LogP contribution in [0.2, 0.25) is 5.02 Å². The second-order valence-electron chi connectivity index (χ2n) is 12.3. The molecule has 4 aromatic rings. The van der Waals surface area contributed by atoms with Gasteiger partial charge in [0.15, 0.2) is 0 Å². The van der Waals surface area contributed by atoms with E-state index in [9.17, 15) is 18.0 Å². The lowest BCUT2D eigenvalue weighted by Gasteiger charge is -2.35. The number of amides is 2. The van der Waals surface area contributed by atoms with Gasteiger partial charge in [0, 0.05) is 24.0 Å². The first-order chi connectivity index (χ1) is 22.6. The molecule has 0 heterocycles. The van der Waals surface area contributed by atoms with Crippen LogP contribution in [0.15, 0.2) is 108 Å². The number of benzene rings is 4. The Hall–Kier alpha value is -4.14. The summed E-state index contributed by atoms with van der Waals surface area (Å²) in [5.41, 5.74) is 3.75. The van der Waals surface area contributed by atoms with Crippen molar-refractivity contribution in [2.24, 2.45) is 0 Å². The summed E-state index contributed by atoms with van der Waals surface area (Å²) in [5, 5.41) is 3.59. The number of nitrogens with zero attached hydrogens (tertiary/aromatic N) is 2. The molecule has 1 atom stereocenters. The van der Waals surface area contributed by atoms with Crippen LogP contribution >= 0.6 is 11.6 Å². The van der Waals surface area contributed by atoms with Gasteiger partial charge in [0.1, 0.15) is 12.6 Å². The molecular formula is C38H42ClN3O4S. The van der Waals surface area contributed by atoms with Gasteiger partial charge >= 0.3 is 0 Å². The van der Waals surface area contributed by atoms with Crippen molar-refractivity contribution in [1.82, 2.24) is 10.2 Å². The molecule has 7 nitrogen and oxygen atoms in total. The summed E-state index contributed by atoms with van der Waals surface area (Å²) in [6.07, 6.45) is 5.31. The number of sulfonamides is 1. The Balaban J connectivity index is 1.58. The molecule has 47 heavy (non-hydrogen) atoms. The number of aryl methyl sites for hydroxylation is 2. The molecule has 5 rings (SSSR count). The molecule has 1 N–H and O–H groups in total. The monoisotopic (exact) mass is 671 g/mol. The molecule has 0 unspecified atom stereocenters. The van der Waals surface area contributed by atoms with Crippen molar-refractivity contribution in [3.8, 4) is 0 Å². The van der Waals surface area contributed by atoms with E-state index in [1.807, 2.05) is 61.5 Å². The molecule has 1 fully saturated rings. The fourth-order valence-electron chi connectivity index (χ4n) is 6.07. The van der Waals surface area contributed by atoms with Gasteiger partial charge in [0.25, 0.3) is 10.0 Å². The van der Waals surface area contributed by atoms with Crippen molar-refractivity contribution in [3.63, 3.8) is 0 Å². The number of hydrogen-bond acceptors (Lipinski definition) is 4. The molecule has 1 aliphatic carbocycles. The van der Waals surface area contributed by atoms with E-state index in [1.54, 1.807) is 48.2 Å². The fraction of sp³-hybridized carbons (Fsp3) is 0.316. The summed E-state index contributed by atoms with van der Waals surface area (Å²) in [7, 11) is -4.20. The molecular weight excluding hydrogens is 630 g/mol. The maximum absolute atomic E-state index is 14.7. The highest BCUT2D eigenvalue weighted by molar-refractivity contribution is 7.92. The second kappa shape index (κ2) is 15.6. The Bertz CT molecular complexity index is 1760. The van der Waals surface area contributed by atoms with Crippen molar-refractivity contribution < 1.29 is 18.0 Å². The van der Waals surface area contributed by atoms with Gasteiger partial charge in [-0.15, -0.1) is 0 Å². The Morgan fingerprint density at radius 1 is 0.830 bits per heavy atom. The molecule has 0 radical (unpaired) electrons. The lowest BCUT2D eigenvalue weighted by atomic mass is 9.94. The van der Waals surface area contributed by atoms with E-state index in [4.69, 9.17) is 11.6 Å². The minimum absolute atomic E-state index is 0.0370. The SMILES string of the molecule is Cc1ccc(CN(C(=O)CN(c2cc(Cl)ccc2C)S(=O)(=O)c2ccccc2)[C@H](Cc2ccccc2)C(=O)NC2CCCCC2)cc1. The normalized spacial score (nSPS) is 14.3. The van der Waals surface area contributed by atoms with Crippen molar-refractivity contribution in [3.05, 3.63) is 130 Å². The lowest BCUT2D eigenvalue weighted by Crippen LogP contribution is -2.55. The highest BCUT2D eigenvalue weighted by Gasteiger charge is 2.36. The highest BCUT2D eigenvalue weighted by Crippen LogP contribution is 2.30. The van der Waals surface area contributed by atoms with E-state index in [2.05, 4.69) is 5.32 Å². The van der Waals surface area contributed by atoms with Crippen LogP contribution < -0.4 is 9.62 Å². The maximum atomic E-state index is 14.7. The predicted octanol–water partition coefficient (Wildman–Crippen LogP) is 7.24. The minimum atomic E-state index is -4.20. The zero-order valence-corrected chi connectivity index (χ0v) is 28.5. The molecule has 1 saturated carbocycles. The predicted molar refractivity (Wildman–Crippen MR) is 188 cm³/mol. The Kier molecular flexibility index (Phi) is 11.4. The van der Waals surface area contributed by atoms with Crippen LogP contribution in [0.25, 0.3) is 0 Å². The van der Waals surface area contributed by atoms with E-state index < -0.39 is 28.5 Å². The molecule has 9 heteroatoms. The number of carbonyl (C=O) groups excluding carboxylic acids is 2. The van der Waals surface area contributed by atoms with Gasteiger partial charge in [0.05, 0.1) is 10.6 Å². The average molecular weight is 672 g/mol. The van der Waals surface area contributed by atoms with Crippen LogP contribution in [0.1, 0.15) is 54.4 Å². The van der Waals surface area contributed by atoms with E-state index in [0.717, 1.165) is 53.1 Å². The molecule has 0 spiro atoms. The van der Waals surface area contributed by atoms with Crippen molar-refractivity contribution in [1.29, 1.82) is 0 Å². The summed E-state index contributed by atoms with van der Waals surface area (Å²) >= 11 is 6.38. The van der Waals surface area contributed by atoms with E-state index >= 15 is 0 Å². The molecule has 246 valence electrons. The molecule has 0 saturated heterocycles. The summed E-state index contributed by atoms with van der Waals surface area (Å²) in [5.74, 6) is -0.734. The third-order valence-electron chi connectivity index (χ3n) is 8.75. The smallest absolute Gasteiger partial charge is 0.264 e. The molecule has 2 amide bonds. The van der Waals surface area contributed by atoms with Crippen LogP contribution in [-0.4, -0.2) is 43.8 Å². The summed E-state index contributed by atoms with van der Waals surface area (Å²) in [6, 6.07) is 29.6. The number of carbonyl (C=O) groups is 2. The number of anilines is 1. The lowest BCUT2D eigenvalue weighted by molar-refractivity contribution is -0.140. The number of nitrogens with one attached hydrogen (secondary N) is 1. The maximum Gasteiger partial charge on any atom is 0.264 e. The Morgan fingerprint density at radius 3 is 2.13 bits per heavy atom. The number of halogens is 1. The first-order valence-electron chi connectivity index (χ1n) is 16.1. The van der Waals surface area contributed by atoms with Gasteiger partial charge < -0.3 is 10.2 Å². The van der Waals surface area contributed by atoms with Crippen molar-refractivity contribution in [2.75, 3.05) is 10.8 Å². The molecule has 0 bridgehead atoms. The van der Waals surface area contributed by atoms with Crippen LogP contribution in [0, 0.1) is 13.8 Å². The highest BCUT2D eigenvalue weighted by atomic mass is 35.5. The van der Waals surface area contributed by atoms with Crippen LogP contribution in [0.5, 0.6) is 0 Å². The van der Waals surface area contributed by atoms with Gasteiger partial charge in [-0.1, -0.05) is 115 Å². The van der Waals surface area contributed by atoms with Gasteiger partial charge in [-0.25, -0.2) is 8.42 Å². The van der Waals surface area contributed by atoms with Gasteiger partial charge in [-0.05, 0) is 67.6 Å². The topological polar surface area (TPSA) is 86.8 Å². The molecule has 1 aliphatic rings. The van der Waals surface area contributed by atoms with Crippen LogP contribution in [0.3, 0.4) is 0 Å². The van der Waals surface area contributed by atoms with Crippen molar-refractivity contribution >= 4 is 39.1 Å². The quantitative estimate of drug-likeness (QED) is 0.172. The first kappa shape index (κ1) is 34.2. The van der Waals surface area contributed by atoms with E-state index in [-0.39, 0.29) is 29.8 Å². The second-order valence-corrected chi connectivity index (χ2v) is 14.6. The summed E-state index contributed by atoms with van der Waals surface area (Å²) in [4.78, 5) is 30.5. The molecule has 4 aromatic carbocycles. The Labute approximate surface area is 283 Å². The largest absolute Gasteiger partial charge is 0.352 e. The third-order valence-corrected chi connectivity index (χ3v) is 10.8. The van der Waals surface area contributed by atoms with Gasteiger partial charge in [0.2, 0.25) is 11.8 Å². The van der Waals surface area contributed by atoms with Crippen LogP contribution in [-0.2, 0) is 32.6 Å². The fourth-order valence-corrected chi connectivity index (χ4v) is 7.73. The van der Waals surface area contributed by atoms with Gasteiger partial charge in [-0.2, -0.15) is 0 Å². The van der Waals surface area contributed by atoms with E-state index in [1.165, 1.54) is 12.1 Å². The van der Waals surface area contributed by atoms with Crippen LogP contribution in [0.4, 0.5) is 5.69 Å². The zero-order valence-electron chi connectivity index (χ0n) is 26.9. The average Bonchev–Trinajstić information content (AvgIpc) is 3.08. The molecule has 0 aromatic heterocycles. The van der Waals surface area contributed by atoms with Gasteiger partial charge in [-0.3, -0.25) is 13.9 Å². The first-order valence-corrected chi connectivity index (χ1v) is 18.0. The Morgan fingerprint density at radius 2 is 1.47 bits per heavy atom. The van der Waals surface area contributed by atoms with E-state index in [0.29, 0.717) is 16.3 Å². The number of hydrogen-bond donors (Lipinski definition) is 1. The molecule has 0 aliphatic heterocycles. The summed E-state index contributed by atoms with van der Waals surface area (Å²) in [6.45, 7) is 3.38. The van der Waals surface area contributed by atoms with Crippen molar-refractivity contribution in [2.45, 2.75) is 75.9 Å². The number of rotatable bonds is 12. The zero-order chi connectivity index (χ0) is 33.4. The minimum Gasteiger partial charge on any atom is -0.352 e. The standard InChI is InChI=1S/C38H42ClN3O4S/c1-28-18-21-31(22-19-28)26-41(36(24-30-12-6-3-7-13-30)38(44)40-33-14-8-4-9-15-33)37(43)27-42(35-25-32(39)23-20-29(35)2)47(45,46)34-16-10-5-11-17-34/h3,5-7,10-13,16-23,25,33,36H,4,8-9,14-15,24,26-27H2,1-2H3,(H,40,44)/t36-/m1/s1. The third kappa shape index (κ3) is 8.82. The summed E-state index contributed by atoms with van der Waals surface area (Å²) < 4.78 is 29.6.